The lowest BCUT2D eigenvalue weighted by Crippen LogP contribution is -2.22. The zero-order chi connectivity index (χ0) is 18.3. The minimum absolute atomic E-state index is 0.101. The van der Waals surface area contributed by atoms with Gasteiger partial charge in [0.2, 0.25) is 0 Å². The van der Waals surface area contributed by atoms with Crippen LogP contribution in [0.2, 0.25) is 0 Å². The fourth-order valence-electron chi connectivity index (χ4n) is 3.58. The molecule has 3 aromatic rings. The van der Waals surface area contributed by atoms with Crippen LogP contribution in [0.4, 0.5) is 0 Å². The lowest BCUT2D eigenvalue weighted by Gasteiger charge is -2.17. The van der Waals surface area contributed by atoms with Crippen molar-refractivity contribution in [2.75, 3.05) is 5.75 Å². The Bertz CT molecular complexity index is 1000. The molecule has 0 saturated carbocycles. The van der Waals surface area contributed by atoms with E-state index in [1.165, 1.54) is 16.0 Å². The molecule has 0 aliphatic heterocycles. The van der Waals surface area contributed by atoms with E-state index < -0.39 is 0 Å². The van der Waals surface area contributed by atoms with Gasteiger partial charge in [-0.2, -0.15) is 0 Å². The molecule has 1 aromatic carbocycles. The number of fused-ring (bicyclic) bond motifs is 3. The highest BCUT2D eigenvalue weighted by atomic mass is 32.2. The third-order valence-electron chi connectivity index (χ3n) is 5.03. The fourth-order valence-corrected chi connectivity index (χ4v) is 5.87. The normalized spacial score (nSPS) is 16.8. The average Bonchev–Trinajstić information content (AvgIpc) is 2.98. The lowest BCUT2D eigenvalue weighted by molar-refractivity contribution is 0.509. The Hall–Kier alpha value is -1.59. The Morgan fingerprint density at radius 1 is 1.31 bits per heavy atom. The van der Waals surface area contributed by atoms with Crippen LogP contribution in [-0.2, 0) is 12.8 Å². The van der Waals surface area contributed by atoms with E-state index >= 15 is 0 Å². The van der Waals surface area contributed by atoms with Crippen molar-refractivity contribution in [1.29, 1.82) is 0 Å². The summed E-state index contributed by atoms with van der Waals surface area (Å²) in [6.45, 7) is 6.52. The monoisotopic (exact) mass is 384 g/mol. The van der Waals surface area contributed by atoms with Crippen molar-refractivity contribution in [3.8, 4) is 5.69 Å². The molecule has 26 heavy (non-hydrogen) atoms. The molecular weight excluding hydrogens is 360 g/mol. The summed E-state index contributed by atoms with van der Waals surface area (Å²) < 4.78 is 1.83. The van der Waals surface area contributed by atoms with Crippen LogP contribution >= 0.6 is 23.1 Å². The van der Waals surface area contributed by atoms with Gasteiger partial charge in [-0.25, -0.2) is 4.98 Å². The number of aryl methyl sites for hydroxylation is 2. The molecule has 3 nitrogen and oxygen atoms in total. The molecule has 4 rings (SSSR count). The number of rotatable bonds is 4. The van der Waals surface area contributed by atoms with E-state index in [0.717, 1.165) is 52.5 Å². The Kier molecular flexibility index (Phi) is 4.93. The first kappa shape index (κ1) is 17.8. The van der Waals surface area contributed by atoms with Crippen molar-refractivity contribution >= 4 is 33.3 Å². The minimum Gasteiger partial charge on any atom is -0.268 e. The van der Waals surface area contributed by atoms with Crippen LogP contribution in [-0.4, -0.2) is 15.3 Å². The second-order valence-electron chi connectivity index (χ2n) is 7.25. The van der Waals surface area contributed by atoms with Gasteiger partial charge in [0.05, 0.1) is 11.1 Å². The smallest absolute Gasteiger partial charge is 0.267 e. The van der Waals surface area contributed by atoms with E-state index in [-0.39, 0.29) is 5.56 Å². The molecular formula is C21H24N2OS2. The highest BCUT2D eigenvalue weighted by Crippen LogP contribution is 2.37. The van der Waals surface area contributed by atoms with E-state index in [1.54, 1.807) is 23.1 Å². The minimum atomic E-state index is 0.101. The van der Waals surface area contributed by atoms with Crippen molar-refractivity contribution < 1.29 is 0 Å². The quantitative estimate of drug-likeness (QED) is 0.447. The highest BCUT2D eigenvalue weighted by molar-refractivity contribution is 7.99. The fraction of sp³-hybridized carbons (Fsp3) is 0.429. The summed E-state index contributed by atoms with van der Waals surface area (Å²) in [6.07, 6.45) is 4.31. The first-order valence-corrected chi connectivity index (χ1v) is 11.2. The summed E-state index contributed by atoms with van der Waals surface area (Å²) in [5.41, 5.74) is 3.47. The topological polar surface area (TPSA) is 34.9 Å². The van der Waals surface area contributed by atoms with Crippen LogP contribution in [0.3, 0.4) is 0 Å². The van der Waals surface area contributed by atoms with E-state index in [0.29, 0.717) is 5.92 Å². The van der Waals surface area contributed by atoms with Crippen LogP contribution in [0.5, 0.6) is 0 Å². The summed E-state index contributed by atoms with van der Waals surface area (Å²) >= 11 is 3.41. The Morgan fingerprint density at radius 3 is 2.81 bits per heavy atom. The van der Waals surface area contributed by atoms with Crippen molar-refractivity contribution in [2.45, 2.75) is 51.6 Å². The van der Waals surface area contributed by atoms with E-state index in [9.17, 15) is 4.79 Å². The van der Waals surface area contributed by atoms with Crippen molar-refractivity contribution in [1.82, 2.24) is 9.55 Å². The maximum absolute atomic E-state index is 13.5. The molecule has 2 aromatic heterocycles. The van der Waals surface area contributed by atoms with E-state index in [1.807, 2.05) is 16.7 Å². The van der Waals surface area contributed by atoms with Gasteiger partial charge in [0.15, 0.2) is 5.16 Å². The molecule has 0 bridgehead atoms. The Morgan fingerprint density at radius 2 is 2.08 bits per heavy atom. The molecule has 1 unspecified atom stereocenters. The standard InChI is InChI=1S/C21H24N2OS2/c1-4-11-25-21-22-19-18(16-10-7-14(3)12-17(16)26-19)20(24)23(21)15-8-5-13(2)6-9-15/h5-6,8-9,14H,4,7,10-12H2,1-3H3. The molecule has 0 radical (unpaired) electrons. The average molecular weight is 385 g/mol. The SMILES string of the molecule is CCCSc1nc2sc3c(c2c(=O)n1-c1ccc(C)cc1)CCC(C)C3. The summed E-state index contributed by atoms with van der Waals surface area (Å²) in [6, 6.07) is 8.18. The number of thioether (sulfide) groups is 1. The second kappa shape index (κ2) is 7.20. The summed E-state index contributed by atoms with van der Waals surface area (Å²) in [4.78, 5) is 20.8. The maximum atomic E-state index is 13.5. The first-order valence-electron chi connectivity index (χ1n) is 9.35. The molecule has 136 valence electrons. The summed E-state index contributed by atoms with van der Waals surface area (Å²) in [5.74, 6) is 1.66. The second-order valence-corrected chi connectivity index (χ2v) is 9.40. The van der Waals surface area contributed by atoms with Crippen molar-refractivity contribution in [3.63, 3.8) is 0 Å². The molecule has 5 heteroatoms. The maximum Gasteiger partial charge on any atom is 0.267 e. The Labute approximate surface area is 162 Å². The van der Waals surface area contributed by atoms with Gasteiger partial charge in [-0.3, -0.25) is 9.36 Å². The van der Waals surface area contributed by atoms with Gasteiger partial charge in [0.1, 0.15) is 4.83 Å². The predicted octanol–water partition coefficient (Wildman–Crippen LogP) is 5.38. The zero-order valence-electron chi connectivity index (χ0n) is 15.5. The van der Waals surface area contributed by atoms with Crippen molar-refractivity contribution in [3.05, 3.63) is 50.6 Å². The number of hydrogen-bond donors (Lipinski definition) is 0. The van der Waals surface area contributed by atoms with Gasteiger partial charge in [-0.1, -0.05) is 43.3 Å². The first-order chi connectivity index (χ1) is 12.6. The van der Waals surface area contributed by atoms with Gasteiger partial charge < -0.3 is 0 Å². The molecule has 1 aliphatic rings. The zero-order valence-corrected chi connectivity index (χ0v) is 17.2. The van der Waals surface area contributed by atoms with Crippen LogP contribution in [0, 0.1) is 12.8 Å². The molecule has 0 spiro atoms. The number of benzene rings is 1. The van der Waals surface area contributed by atoms with Crippen LogP contribution in [0.25, 0.3) is 15.9 Å². The molecule has 1 atom stereocenters. The highest BCUT2D eigenvalue weighted by Gasteiger charge is 2.25. The molecule has 0 N–H and O–H groups in total. The Balaban J connectivity index is 1.96. The summed E-state index contributed by atoms with van der Waals surface area (Å²) in [5, 5.41) is 1.68. The lowest BCUT2D eigenvalue weighted by atomic mass is 9.89. The third-order valence-corrected chi connectivity index (χ3v) is 7.32. The molecule has 1 aliphatic carbocycles. The molecule has 0 amide bonds. The number of aromatic nitrogens is 2. The van der Waals surface area contributed by atoms with Crippen molar-refractivity contribution in [2.24, 2.45) is 5.92 Å². The third kappa shape index (κ3) is 3.12. The number of nitrogens with zero attached hydrogens (tertiary/aromatic N) is 2. The van der Waals surface area contributed by atoms with Crippen LogP contribution in [0.1, 0.15) is 42.7 Å². The molecule has 2 heterocycles. The summed E-state index contributed by atoms with van der Waals surface area (Å²) in [7, 11) is 0. The van der Waals surface area contributed by atoms with Crippen LogP contribution < -0.4 is 5.56 Å². The number of thiophene rings is 1. The largest absolute Gasteiger partial charge is 0.268 e. The van der Waals surface area contributed by atoms with Crippen LogP contribution in [0.15, 0.2) is 34.2 Å². The van der Waals surface area contributed by atoms with Gasteiger partial charge in [-0.15, -0.1) is 11.3 Å². The van der Waals surface area contributed by atoms with Gasteiger partial charge in [0.25, 0.3) is 5.56 Å². The molecule has 0 fully saturated rings. The van der Waals surface area contributed by atoms with Gasteiger partial charge in [0, 0.05) is 10.6 Å². The van der Waals surface area contributed by atoms with E-state index in [4.69, 9.17) is 4.98 Å². The molecule has 0 saturated heterocycles. The van der Waals surface area contributed by atoms with E-state index in [2.05, 4.69) is 32.9 Å². The van der Waals surface area contributed by atoms with Gasteiger partial charge in [-0.05, 0) is 56.2 Å². The number of hydrogen-bond acceptors (Lipinski definition) is 4. The predicted molar refractivity (Wildman–Crippen MR) is 112 cm³/mol. The van der Waals surface area contributed by atoms with Gasteiger partial charge >= 0.3 is 0 Å².